The van der Waals surface area contributed by atoms with Crippen LogP contribution in [0.5, 0.6) is 5.75 Å². The summed E-state index contributed by atoms with van der Waals surface area (Å²) >= 11 is 1.52. The smallest absolute Gasteiger partial charge is 0.258 e. The molecule has 2 N–H and O–H groups in total. The molecule has 0 saturated carbocycles. The summed E-state index contributed by atoms with van der Waals surface area (Å²) in [5, 5.41) is 13.1. The van der Waals surface area contributed by atoms with Crippen molar-refractivity contribution in [3.63, 3.8) is 0 Å². The molecule has 1 saturated heterocycles. The van der Waals surface area contributed by atoms with Crippen LogP contribution in [-0.4, -0.2) is 16.9 Å². The van der Waals surface area contributed by atoms with Crippen molar-refractivity contribution in [1.82, 2.24) is 5.32 Å². The molecule has 0 bridgehead atoms. The number of amides is 1. The monoisotopic (exact) mass is 291 g/mol. The summed E-state index contributed by atoms with van der Waals surface area (Å²) in [4.78, 5) is 12.4. The molecule has 1 fully saturated rings. The molecule has 1 aromatic carbocycles. The minimum absolute atomic E-state index is 0.0136. The Morgan fingerprint density at radius 3 is 2.15 bits per heavy atom. The first kappa shape index (κ1) is 15.0. The third kappa shape index (κ3) is 3.01. The quantitative estimate of drug-likeness (QED) is 0.833. The minimum atomic E-state index is -0.0136. The van der Waals surface area contributed by atoms with E-state index in [9.17, 15) is 9.90 Å². The Balaban J connectivity index is 2.51. The van der Waals surface area contributed by atoms with Crippen LogP contribution in [0.25, 0.3) is 6.08 Å². The molecule has 1 aliphatic heterocycles. The van der Waals surface area contributed by atoms with E-state index < -0.39 is 0 Å². The van der Waals surface area contributed by atoms with Gasteiger partial charge in [-0.05, 0) is 46.7 Å². The number of hydrogen-bond donors (Lipinski definition) is 2. The van der Waals surface area contributed by atoms with Gasteiger partial charge in [-0.2, -0.15) is 0 Å². The van der Waals surface area contributed by atoms with Gasteiger partial charge in [-0.3, -0.25) is 4.79 Å². The van der Waals surface area contributed by atoms with Gasteiger partial charge >= 0.3 is 0 Å². The molecule has 20 heavy (non-hydrogen) atoms. The van der Waals surface area contributed by atoms with Gasteiger partial charge in [0.1, 0.15) is 5.75 Å². The van der Waals surface area contributed by atoms with Gasteiger partial charge in [0, 0.05) is 0 Å². The predicted molar refractivity (Wildman–Crippen MR) is 84.9 cm³/mol. The lowest BCUT2D eigenvalue weighted by Gasteiger charge is -2.16. The zero-order valence-corrected chi connectivity index (χ0v) is 13.2. The fraction of sp³-hybridized carbons (Fsp3) is 0.438. The van der Waals surface area contributed by atoms with E-state index in [1.807, 2.05) is 18.2 Å². The molecule has 1 aliphatic rings. The molecule has 2 rings (SSSR count). The summed E-state index contributed by atoms with van der Waals surface area (Å²) in [6, 6.07) is 3.95. The first-order valence-electron chi connectivity index (χ1n) is 6.89. The average Bonchev–Trinajstić information content (AvgIpc) is 2.76. The van der Waals surface area contributed by atoms with Crippen LogP contribution in [0.4, 0.5) is 0 Å². The molecule has 1 aromatic rings. The number of thioether (sulfide) groups is 1. The van der Waals surface area contributed by atoms with Crippen LogP contribution in [0, 0.1) is 0 Å². The fourth-order valence-corrected chi connectivity index (χ4v) is 3.04. The van der Waals surface area contributed by atoms with E-state index in [2.05, 4.69) is 33.0 Å². The van der Waals surface area contributed by atoms with E-state index in [-0.39, 0.29) is 17.7 Å². The number of nitrogens with one attached hydrogen (secondary N) is 1. The Kier molecular flexibility index (Phi) is 4.43. The van der Waals surface area contributed by atoms with E-state index in [1.165, 1.54) is 11.8 Å². The van der Waals surface area contributed by atoms with Crippen LogP contribution in [0.3, 0.4) is 0 Å². The predicted octanol–water partition coefficient (Wildman–Crippen LogP) is 3.80. The van der Waals surface area contributed by atoms with Crippen LogP contribution in [0.2, 0.25) is 0 Å². The Bertz CT molecular complexity index is 533. The molecular weight excluding hydrogens is 270 g/mol. The van der Waals surface area contributed by atoms with Gasteiger partial charge in [0.15, 0.2) is 0 Å². The molecule has 108 valence electrons. The lowest BCUT2D eigenvalue weighted by molar-refractivity contribution is -0.116. The molecule has 1 heterocycles. The van der Waals surface area contributed by atoms with Gasteiger partial charge in [-0.25, -0.2) is 0 Å². The normalized spacial score (nSPS) is 17.3. The van der Waals surface area contributed by atoms with Crippen molar-refractivity contribution in [2.75, 3.05) is 5.88 Å². The SMILES string of the molecule is CC(C)c1cc(C=C2SCNC2=O)cc(C(C)C)c1O. The van der Waals surface area contributed by atoms with Gasteiger partial charge in [0.25, 0.3) is 5.91 Å². The first-order chi connectivity index (χ1) is 9.40. The molecule has 0 aromatic heterocycles. The van der Waals surface area contributed by atoms with Crippen molar-refractivity contribution in [3.05, 3.63) is 33.7 Å². The largest absolute Gasteiger partial charge is 0.507 e. The standard InChI is InChI=1S/C16H21NO2S/c1-9(2)12-5-11(6-13(10(3)4)15(12)18)7-14-16(19)17-8-20-14/h5-7,9-10,18H,8H2,1-4H3,(H,17,19). The highest BCUT2D eigenvalue weighted by atomic mass is 32.2. The molecule has 0 aliphatic carbocycles. The summed E-state index contributed by atoms with van der Waals surface area (Å²) < 4.78 is 0. The molecule has 0 unspecified atom stereocenters. The van der Waals surface area contributed by atoms with E-state index >= 15 is 0 Å². The molecule has 0 atom stereocenters. The number of carbonyl (C=O) groups is 1. The third-order valence-corrected chi connectivity index (χ3v) is 4.32. The maximum atomic E-state index is 11.6. The van der Waals surface area contributed by atoms with Crippen LogP contribution in [-0.2, 0) is 4.79 Å². The second-order valence-corrected chi connectivity index (χ2v) is 6.68. The summed E-state index contributed by atoms with van der Waals surface area (Å²) in [5.74, 6) is 1.50. The van der Waals surface area contributed by atoms with Gasteiger partial charge in [-0.15, -0.1) is 0 Å². The summed E-state index contributed by atoms with van der Waals surface area (Å²) in [5.41, 5.74) is 2.85. The Morgan fingerprint density at radius 2 is 1.75 bits per heavy atom. The molecule has 3 nitrogen and oxygen atoms in total. The minimum Gasteiger partial charge on any atom is -0.507 e. The highest BCUT2D eigenvalue weighted by Gasteiger charge is 2.19. The molecule has 1 amide bonds. The number of rotatable bonds is 3. The number of phenolic OH excluding ortho intramolecular Hbond substituents is 1. The fourth-order valence-electron chi connectivity index (χ4n) is 2.26. The van der Waals surface area contributed by atoms with Crippen LogP contribution >= 0.6 is 11.8 Å². The number of aromatic hydroxyl groups is 1. The summed E-state index contributed by atoms with van der Waals surface area (Å²) in [6.45, 7) is 8.25. The van der Waals surface area contributed by atoms with Crippen LogP contribution < -0.4 is 5.32 Å². The van der Waals surface area contributed by atoms with E-state index in [1.54, 1.807) is 0 Å². The van der Waals surface area contributed by atoms with E-state index in [0.29, 0.717) is 11.6 Å². The van der Waals surface area contributed by atoms with Gasteiger partial charge in [-0.1, -0.05) is 39.5 Å². The summed E-state index contributed by atoms with van der Waals surface area (Å²) in [7, 11) is 0. The summed E-state index contributed by atoms with van der Waals surface area (Å²) in [6.07, 6.45) is 1.91. The van der Waals surface area contributed by atoms with Crippen molar-refractivity contribution in [3.8, 4) is 5.75 Å². The van der Waals surface area contributed by atoms with Gasteiger partial charge in [0.05, 0.1) is 10.8 Å². The molecular formula is C16H21NO2S. The maximum absolute atomic E-state index is 11.6. The van der Waals surface area contributed by atoms with Crippen molar-refractivity contribution in [1.29, 1.82) is 0 Å². The number of hydrogen-bond acceptors (Lipinski definition) is 3. The van der Waals surface area contributed by atoms with Crippen molar-refractivity contribution in [2.24, 2.45) is 0 Å². The first-order valence-corrected chi connectivity index (χ1v) is 7.88. The van der Waals surface area contributed by atoms with Gasteiger partial charge < -0.3 is 10.4 Å². The second kappa shape index (κ2) is 5.92. The molecule has 4 heteroatoms. The zero-order chi connectivity index (χ0) is 14.9. The highest BCUT2D eigenvalue weighted by Crippen LogP contribution is 2.36. The number of phenols is 1. The third-order valence-electron chi connectivity index (χ3n) is 3.42. The lowest BCUT2D eigenvalue weighted by Crippen LogP contribution is -2.13. The van der Waals surface area contributed by atoms with Crippen molar-refractivity contribution >= 4 is 23.7 Å². The van der Waals surface area contributed by atoms with Crippen LogP contribution in [0.1, 0.15) is 56.2 Å². The Labute approximate surface area is 124 Å². The maximum Gasteiger partial charge on any atom is 0.258 e. The topological polar surface area (TPSA) is 49.3 Å². The Morgan fingerprint density at radius 1 is 1.20 bits per heavy atom. The second-order valence-electron chi connectivity index (χ2n) is 5.66. The van der Waals surface area contributed by atoms with E-state index in [0.717, 1.165) is 21.6 Å². The lowest BCUT2D eigenvalue weighted by atomic mass is 9.91. The van der Waals surface area contributed by atoms with Crippen molar-refractivity contribution < 1.29 is 9.90 Å². The van der Waals surface area contributed by atoms with Crippen LogP contribution in [0.15, 0.2) is 17.0 Å². The molecule has 0 spiro atoms. The number of carbonyl (C=O) groups excluding carboxylic acids is 1. The zero-order valence-electron chi connectivity index (χ0n) is 12.4. The van der Waals surface area contributed by atoms with E-state index in [4.69, 9.17) is 0 Å². The highest BCUT2D eigenvalue weighted by molar-refractivity contribution is 8.04. The van der Waals surface area contributed by atoms with Gasteiger partial charge in [0.2, 0.25) is 0 Å². The number of benzene rings is 1. The average molecular weight is 291 g/mol. The van der Waals surface area contributed by atoms with Crippen molar-refractivity contribution in [2.45, 2.75) is 39.5 Å². The molecule has 0 radical (unpaired) electrons. The Hall–Kier alpha value is -1.42.